The van der Waals surface area contributed by atoms with E-state index in [1.807, 2.05) is 6.92 Å². The van der Waals surface area contributed by atoms with E-state index in [9.17, 15) is 0 Å². The van der Waals surface area contributed by atoms with Crippen LogP contribution in [0.25, 0.3) is 0 Å². The van der Waals surface area contributed by atoms with Crippen molar-refractivity contribution in [2.24, 2.45) is 0 Å². The van der Waals surface area contributed by atoms with Gasteiger partial charge in [0.25, 0.3) is 0 Å². The first kappa shape index (κ1) is 11.4. The van der Waals surface area contributed by atoms with Crippen molar-refractivity contribution in [1.82, 2.24) is 5.32 Å². The van der Waals surface area contributed by atoms with Gasteiger partial charge in [0.2, 0.25) is 0 Å². The molecule has 0 aromatic heterocycles. The van der Waals surface area contributed by atoms with E-state index < -0.39 is 0 Å². The molecule has 0 saturated heterocycles. The first-order chi connectivity index (χ1) is 6.24. The zero-order valence-electron chi connectivity index (χ0n) is 8.02. The van der Waals surface area contributed by atoms with Crippen molar-refractivity contribution in [1.29, 1.82) is 0 Å². The van der Waals surface area contributed by atoms with E-state index in [1.165, 1.54) is 19.3 Å². The fourth-order valence-corrected chi connectivity index (χ4v) is 2.09. The molecule has 0 amide bonds. The third kappa shape index (κ3) is 3.88. The molecule has 0 spiro atoms. The molecule has 2 atom stereocenters. The number of nitrogens with one attached hydrogen (secondary N) is 1. The highest BCUT2D eigenvalue weighted by atomic mass is 35.5. The molecule has 13 heavy (non-hydrogen) atoms. The molecule has 1 aliphatic rings. The highest BCUT2D eigenvalue weighted by Gasteiger charge is 2.21. The molecule has 1 fully saturated rings. The molecule has 0 bridgehead atoms. The van der Waals surface area contributed by atoms with Gasteiger partial charge in [0, 0.05) is 23.5 Å². The molecule has 1 nitrogen and oxygen atoms in total. The molecule has 3 heteroatoms. The Bertz CT molecular complexity index is 180. The molecule has 76 valence electrons. The first-order valence-corrected chi connectivity index (χ1v) is 5.74. The van der Waals surface area contributed by atoms with Gasteiger partial charge >= 0.3 is 0 Å². The van der Waals surface area contributed by atoms with E-state index in [2.05, 4.69) is 5.32 Å². The summed E-state index contributed by atoms with van der Waals surface area (Å²) in [4.78, 5) is 0. The van der Waals surface area contributed by atoms with Crippen molar-refractivity contribution >= 4 is 23.2 Å². The fraction of sp³-hybridized carbons (Fsp3) is 0.800. The highest BCUT2D eigenvalue weighted by Crippen LogP contribution is 2.22. The molecule has 0 aromatic carbocycles. The van der Waals surface area contributed by atoms with Gasteiger partial charge in [-0.1, -0.05) is 24.4 Å². The minimum Gasteiger partial charge on any atom is -0.309 e. The zero-order valence-corrected chi connectivity index (χ0v) is 9.54. The smallest absolute Gasteiger partial charge is 0.0489 e. The van der Waals surface area contributed by atoms with E-state index in [-0.39, 0.29) is 0 Å². The predicted molar refractivity (Wildman–Crippen MR) is 59.5 cm³/mol. The molecule has 2 unspecified atom stereocenters. The fourth-order valence-electron chi connectivity index (χ4n) is 1.65. The second kappa shape index (κ2) is 5.90. The average Bonchev–Trinajstić information content (AvgIpc) is 2.16. The molecule has 1 aliphatic carbocycles. The van der Waals surface area contributed by atoms with Crippen molar-refractivity contribution in [2.75, 3.05) is 6.54 Å². The highest BCUT2D eigenvalue weighted by molar-refractivity contribution is 6.25. The zero-order chi connectivity index (χ0) is 9.68. The van der Waals surface area contributed by atoms with Crippen LogP contribution in [0.2, 0.25) is 0 Å². The van der Waals surface area contributed by atoms with E-state index in [4.69, 9.17) is 23.2 Å². The molecule has 1 N–H and O–H groups in total. The van der Waals surface area contributed by atoms with Crippen LogP contribution in [-0.4, -0.2) is 18.0 Å². The van der Waals surface area contributed by atoms with Gasteiger partial charge in [0.1, 0.15) is 0 Å². The lowest BCUT2D eigenvalue weighted by atomic mass is 9.95. The summed E-state index contributed by atoms with van der Waals surface area (Å²) in [5.41, 5.74) is 2.79. The summed E-state index contributed by atoms with van der Waals surface area (Å²) in [5.74, 6) is 0. The minimum absolute atomic E-state index is 0.303. The average molecular weight is 222 g/mol. The van der Waals surface area contributed by atoms with Crippen LogP contribution >= 0.6 is 23.2 Å². The van der Waals surface area contributed by atoms with Crippen LogP contribution < -0.4 is 5.32 Å². The van der Waals surface area contributed by atoms with Crippen molar-refractivity contribution in [3.63, 3.8) is 0 Å². The minimum atomic E-state index is 0.303. The summed E-state index contributed by atoms with van der Waals surface area (Å²) in [7, 11) is 0. The summed E-state index contributed by atoms with van der Waals surface area (Å²) < 4.78 is 0. The first-order valence-electron chi connectivity index (χ1n) is 4.87. The lowest BCUT2D eigenvalue weighted by molar-refractivity contribution is 0.389. The van der Waals surface area contributed by atoms with Gasteiger partial charge < -0.3 is 5.32 Å². The van der Waals surface area contributed by atoms with Gasteiger partial charge in [0.15, 0.2) is 0 Å². The molecule has 1 saturated carbocycles. The molecular formula is C10H17Cl2N. The van der Waals surface area contributed by atoms with Crippen LogP contribution in [0, 0.1) is 0 Å². The van der Waals surface area contributed by atoms with E-state index in [1.54, 1.807) is 5.54 Å². The molecule has 1 rings (SSSR count). The Kier molecular flexibility index (Phi) is 5.15. The summed E-state index contributed by atoms with van der Waals surface area (Å²) in [5, 5.41) is 3.74. The van der Waals surface area contributed by atoms with Crippen molar-refractivity contribution < 1.29 is 0 Å². The standard InChI is InChI=1S/C10H17Cl2N/c1-8(6-11)7-13-10-5-3-2-4-9(10)12/h6,9-10,13H,2-5,7H2,1H3. The SMILES string of the molecule is CC(=CCl)CNC1CCCCC1Cl. The Morgan fingerprint density at radius 2 is 2.15 bits per heavy atom. The topological polar surface area (TPSA) is 12.0 Å². The maximum atomic E-state index is 6.19. The summed E-state index contributed by atoms with van der Waals surface area (Å²) in [6.07, 6.45) is 4.91. The van der Waals surface area contributed by atoms with E-state index >= 15 is 0 Å². The molecule has 0 radical (unpaired) electrons. The molecular weight excluding hydrogens is 205 g/mol. The van der Waals surface area contributed by atoms with E-state index in [0.717, 1.165) is 18.5 Å². The number of hydrogen-bond donors (Lipinski definition) is 1. The maximum Gasteiger partial charge on any atom is 0.0489 e. The van der Waals surface area contributed by atoms with Gasteiger partial charge in [-0.3, -0.25) is 0 Å². The van der Waals surface area contributed by atoms with Crippen molar-refractivity contribution in [3.05, 3.63) is 11.1 Å². The Morgan fingerprint density at radius 3 is 2.77 bits per heavy atom. The van der Waals surface area contributed by atoms with Gasteiger partial charge in [-0.2, -0.15) is 0 Å². The van der Waals surface area contributed by atoms with E-state index in [0.29, 0.717) is 11.4 Å². The van der Waals surface area contributed by atoms with Crippen LogP contribution in [0.15, 0.2) is 11.1 Å². The number of hydrogen-bond acceptors (Lipinski definition) is 1. The number of rotatable bonds is 3. The van der Waals surface area contributed by atoms with Crippen LogP contribution in [0.4, 0.5) is 0 Å². The molecule has 0 aliphatic heterocycles. The quantitative estimate of drug-likeness (QED) is 0.722. The third-order valence-corrected chi connectivity index (χ3v) is 3.41. The molecule has 0 aromatic rings. The van der Waals surface area contributed by atoms with Gasteiger partial charge in [-0.25, -0.2) is 0 Å². The Hall–Kier alpha value is 0.280. The number of halogens is 2. The maximum absolute atomic E-state index is 6.19. The van der Waals surface area contributed by atoms with Gasteiger partial charge in [-0.05, 0) is 25.3 Å². The number of alkyl halides is 1. The van der Waals surface area contributed by atoms with Crippen molar-refractivity contribution in [2.45, 2.75) is 44.0 Å². The van der Waals surface area contributed by atoms with Gasteiger partial charge in [-0.15, -0.1) is 11.6 Å². The lowest BCUT2D eigenvalue weighted by Crippen LogP contribution is -2.40. The monoisotopic (exact) mass is 221 g/mol. The largest absolute Gasteiger partial charge is 0.309 e. The van der Waals surface area contributed by atoms with Gasteiger partial charge in [0.05, 0.1) is 0 Å². The Morgan fingerprint density at radius 1 is 1.46 bits per heavy atom. The van der Waals surface area contributed by atoms with Crippen LogP contribution in [0.1, 0.15) is 32.6 Å². The second-order valence-electron chi connectivity index (χ2n) is 3.74. The van der Waals surface area contributed by atoms with Crippen LogP contribution in [-0.2, 0) is 0 Å². The third-order valence-electron chi connectivity index (χ3n) is 2.51. The Labute approximate surface area is 90.5 Å². The second-order valence-corrected chi connectivity index (χ2v) is 4.52. The van der Waals surface area contributed by atoms with Crippen molar-refractivity contribution in [3.8, 4) is 0 Å². The summed E-state index contributed by atoms with van der Waals surface area (Å²) in [6.45, 7) is 2.88. The molecule has 0 heterocycles. The Balaban J connectivity index is 2.26. The van der Waals surface area contributed by atoms with Crippen LogP contribution in [0.5, 0.6) is 0 Å². The lowest BCUT2D eigenvalue weighted by Gasteiger charge is -2.28. The van der Waals surface area contributed by atoms with Crippen LogP contribution in [0.3, 0.4) is 0 Å². The predicted octanol–water partition coefficient (Wildman–Crippen LogP) is 3.27. The summed E-state index contributed by atoms with van der Waals surface area (Å²) in [6, 6.07) is 0.474. The summed E-state index contributed by atoms with van der Waals surface area (Å²) >= 11 is 11.8. The normalized spacial score (nSPS) is 30.5.